The number of nitrogens with zero attached hydrogens (tertiary/aromatic N) is 3. The molecule has 0 fully saturated rings. The molecular formula is C18H26N4O2. The molecule has 2 atom stereocenters. The van der Waals surface area contributed by atoms with Crippen molar-refractivity contribution in [2.24, 2.45) is 5.92 Å². The first kappa shape index (κ1) is 18.1. The molecular weight excluding hydrogens is 304 g/mol. The molecule has 0 aromatic carbocycles. The van der Waals surface area contributed by atoms with Crippen LogP contribution in [0.1, 0.15) is 37.2 Å². The van der Waals surface area contributed by atoms with E-state index in [1.165, 1.54) is 0 Å². The van der Waals surface area contributed by atoms with Gasteiger partial charge in [0.25, 0.3) is 0 Å². The van der Waals surface area contributed by atoms with E-state index in [1.54, 1.807) is 10.9 Å². The van der Waals surface area contributed by atoms with Crippen LogP contribution < -0.4 is 5.32 Å². The molecule has 1 amide bonds. The lowest BCUT2D eigenvalue weighted by atomic mass is 9.99. The van der Waals surface area contributed by atoms with E-state index in [9.17, 15) is 9.90 Å². The number of carbonyl (C=O) groups excluding carboxylic acids is 1. The van der Waals surface area contributed by atoms with Crippen LogP contribution in [-0.4, -0.2) is 38.4 Å². The zero-order chi connectivity index (χ0) is 17.7. The Kier molecular flexibility index (Phi) is 6.09. The summed E-state index contributed by atoms with van der Waals surface area (Å²) in [5, 5.41) is 16.9. The first-order valence-corrected chi connectivity index (χ1v) is 8.34. The summed E-state index contributed by atoms with van der Waals surface area (Å²) < 4.78 is 1.76. The van der Waals surface area contributed by atoms with Gasteiger partial charge in [-0.2, -0.15) is 5.10 Å². The second kappa shape index (κ2) is 8.06. The molecule has 0 saturated heterocycles. The molecule has 2 rings (SSSR count). The third kappa shape index (κ3) is 4.00. The zero-order valence-corrected chi connectivity index (χ0v) is 14.8. The van der Waals surface area contributed by atoms with Crippen molar-refractivity contribution in [2.45, 2.75) is 46.6 Å². The van der Waals surface area contributed by atoms with Crippen molar-refractivity contribution in [1.82, 2.24) is 20.1 Å². The van der Waals surface area contributed by atoms with E-state index in [-0.39, 0.29) is 30.9 Å². The molecule has 0 bridgehead atoms. The van der Waals surface area contributed by atoms with E-state index in [0.29, 0.717) is 0 Å². The summed E-state index contributed by atoms with van der Waals surface area (Å²) >= 11 is 0. The minimum atomic E-state index is -0.214. The summed E-state index contributed by atoms with van der Waals surface area (Å²) in [6.07, 6.45) is 2.87. The van der Waals surface area contributed by atoms with Gasteiger partial charge in [-0.3, -0.25) is 4.79 Å². The van der Waals surface area contributed by atoms with Crippen LogP contribution in [0.5, 0.6) is 0 Å². The van der Waals surface area contributed by atoms with E-state index in [2.05, 4.69) is 15.4 Å². The van der Waals surface area contributed by atoms with Crippen LogP contribution in [-0.2, 0) is 11.2 Å². The fourth-order valence-corrected chi connectivity index (χ4v) is 2.70. The topological polar surface area (TPSA) is 80.0 Å². The van der Waals surface area contributed by atoms with Gasteiger partial charge in [-0.1, -0.05) is 26.3 Å². The maximum Gasteiger partial charge on any atom is 0.224 e. The Balaban J connectivity index is 2.16. The number of aryl methyl sites for hydroxylation is 1. The number of rotatable bonds is 7. The summed E-state index contributed by atoms with van der Waals surface area (Å²) in [7, 11) is 0. The van der Waals surface area contributed by atoms with Crippen LogP contribution in [0, 0.1) is 19.8 Å². The highest BCUT2D eigenvalue weighted by atomic mass is 16.3. The molecule has 0 aliphatic carbocycles. The van der Waals surface area contributed by atoms with Crippen LogP contribution in [0.15, 0.2) is 24.4 Å². The van der Waals surface area contributed by atoms with Gasteiger partial charge in [-0.25, -0.2) is 9.67 Å². The third-order valence-corrected chi connectivity index (χ3v) is 4.52. The second-order valence-electron chi connectivity index (χ2n) is 6.17. The monoisotopic (exact) mass is 330 g/mol. The molecule has 6 heteroatoms. The highest BCUT2D eigenvalue weighted by Gasteiger charge is 2.20. The molecule has 2 aromatic rings. The first-order chi connectivity index (χ1) is 11.5. The zero-order valence-electron chi connectivity index (χ0n) is 14.8. The van der Waals surface area contributed by atoms with E-state index < -0.39 is 0 Å². The minimum absolute atomic E-state index is 0.0497. The molecule has 130 valence electrons. The lowest BCUT2D eigenvalue weighted by Crippen LogP contribution is -2.42. The van der Waals surface area contributed by atoms with Gasteiger partial charge in [0.2, 0.25) is 5.91 Å². The Morgan fingerprint density at radius 2 is 2.12 bits per heavy atom. The largest absolute Gasteiger partial charge is 0.394 e. The fourth-order valence-electron chi connectivity index (χ4n) is 2.70. The van der Waals surface area contributed by atoms with E-state index in [0.717, 1.165) is 29.2 Å². The van der Waals surface area contributed by atoms with Crippen LogP contribution in [0.4, 0.5) is 0 Å². The fraction of sp³-hybridized carbons (Fsp3) is 0.500. The summed E-state index contributed by atoms with van der Waals surface area (Å²) in [5.74, 6) is 0.871. The highest BCUT2D eigenvalue weighted by Crippen LogP contribution is 2.17. The molecule has 0 radical (unpaired) electrons. The van der Waals surface area contributed by atoms with Crippen molar-refractivity contribution in [1.29, 1.82) is 0 Å². The van der Waals surface area contributed by atoms with Crippen LogP contribution in [0.2, 0.25) is 0 Å². The summed E-state index contributed by atoms with van der Waals surface area (Å²) in [6.45, 7) is 7.86. The number of carbonyl (C=O) groups is 1. The predicted molar refractivity (Wildman–Crippen MR) is 93.0 cm³/mol. The van der Waals surface area contributed by atoms with Crippen molar-refractivity contribution in [2.75, 3.05) is 6.61 Å². The smallest absolute Gasteiger partial charge is 0.224 e. The molecule has 0 unspecified atom stereocenters. The van der Waals surface area contributed by atoms with Gasteiger partial charge < -0.3 is 10.4 Å². The van der Waals surface area contributed by atoms with Gasteiger partial charge in [0.1, 0.15) is 0 Å². The average molecular weight is 330 g/mol. The second-order valence-corrected chi connectivity index (χ2v) is 6.17. The number of hydrogen-bond acceptors (Lipinski definition) is 4. The molecule has 2 aromatic heterocycles. The molecule has 24 heavy (non-hydrogen) atoms. The quantitative estimate of drug-likeness (QED) is 0.813. The minimum Gasteiger partial charge on any atom is -0.394 e. The Morgan fingerprint density at radius 1 is 1.38 bits per heavy atom. The Morgan fingerprint density at radius 3 is 2.71 bits per heavy atom. The third-order valence-electron chi connectivity index (χ3n) is 4.52. The van der Waals surface area contributed by atoms with Crippen molar-refractivity contribution in [3.63, 3.8) is 0 Å². The van der Waals surface area contributed by atoms with Gasteiger partial charge in [-0.05, 0) is 31.9 Å². The maximum atomic E-state index is 12.4. The maximum absolute atomic E-state index is 12.4. The van der Waals surface area contributed by atoms with Crippen molar-refractivity contribution in [3.8, 4) is 5.82 Å². The lowest BCUT2D eigenvalue weighted by Gasteiger charge is -2.22. The van der Waals surface area contributed by atoms with Crippen molar-refractivity contribution < 1.29 is 9.90 Å². The highest BCUT2D eigenvalue weighted by molar-refractivity contribution is 5.79. The number of aliphatic hydroxyl groups is 1. The summed E-state index contributed by atoms with van der Waals surface area (Å²) in [4.78, 5) is 16.7. The van der Waals surface area contributed by atoms with Gasteiger partial charge in [0.15, 0.2) is 5.82 Å². The molecule has 0 aliphatic rings. The molecule has 0 saturated carbocycles. The number of aromatic nitrogens is 3. The first-order valence-electron chi connectivity index (χ1n) is 8.34. The Bertz CT molecular complexity index is 682. The molecule has 0 spiro atoms. The summed E-state index contributed by atoms with van der Waals surface area (Å²) in [5.41, 5.74) is 2.63. The van der Waals surface area contributed by atoms with Crippen molar-refractivity contribution in [3.05, 3.63) is 41.3 Å². The van der Waals surface area contributed by atoms with Gasteiger partial charge in [0.05, 0.1) is 24.8 Å². The van der Waals surface area contributed by atoms with E-state index in [1.807, 2.05) is 45.9 Å². The van der Waals surface area contributed by atoms with Gasteiger partial charge in [0, 0.05) is 17.5 Å². The Hall–Kier alpha value is -2.21. The van der Waals surface area contributed by atoms with Crippen LogP contribution >= 0.6 is 0 Å². The number of amides is 1. The summed E-state index contributed by atoms with van der Waals surface area (Å²) in [6, 6.07) is 5.43. The lowest BCUT2D eigenvalue weighted by molar-refractivity contribution is -0.121. The van der Waals surface area contributed by atoms with E-state index >= 15 is 0 Å². The molecule has 0 aliphatic heterocycles. The molecule has 2 N–H and O–H groups in total. The van der Waals surface area contributed by atoms with E-state index in [4.69, 9.17) is 0 Å². The number of pyridine rings is 1. The van der Waals surface area contributed by atoms with Gasteiger partial charge >= 0.3 is 0 Å². The molecule has 6 nitrogen and oxygen atoms in total. The average Bonchev–Trinajstić information content (AvgIpc) is 2.88. The standard InChI is InChI=1S/C18H26N4O2/c1-5-12(2)16(11-23)20-18(24)10-15-13(3)21-22(14(15)4)17-8-6-7-9-19-17/h6-9,12,16,23H,5,10-11H2,1-4H3,(H,20,24)/t12-,16+/m0/s1. The SMILES string of the molecule is CC[C@H](C)[C@@H](CO)NC(=O)Cc1c(C)nn(-c2ccccn2)c1C. The van der Waals surface area contributed by atoms with Gasteiger partial charge in [-0.15, -0.1) is 0 Å². The molecule has 2 heterocycles. The number of aliphatic hydroxyl groups excluding tert-OH is 1. The number of hydrogen-bond donors (Lipinski definition) is 2. The Labute approximate surface area is 142 Å². The van der Waals surface area contributed by atoms with Crippen molar-refractivity contribution >= 4 is 5.91 Å². The normalized spacial score (nSPS) is 13.5. The predicted octanol–water partition coefficient (Wildman–Crippen LogP) is 1.95. The van der Waals surface area contributed by atoms with Crippen LogP contribution in [0.25, 0.3) is 5.82 Å². The number of nitrogens with one attached hydrogen (secondary N) is 1. The van der Waals surface area contributed by atoms with Crippen LogP contribution in [0.3, 0.4) is 0 Å².